The van der Waals surface area contributed by atoms with Crippen LogP contribution in [0.3, 0.4) is 0 Å². The molecule has 0 radical (unpaired) electrons. The number of ether oxygens (including phenoxy) is 1. The predicted octanol–water partition coefficient (Wildman–Crippen LogP) is 1.38. The minimum absolute atomic E-state index is 0.0517. The highest BCUT2D eigenvalue weighted by molar-refractivity contribution is 5.98. The molecule has 0 saturated carbocycles. The van der Waals surface area contributed by atoms with Crippen LogP contribution in [-0.2, 0) is 9.59 Å². The Morgan fingerprint density at radius 2 is 1.91 bits per heavy atom. The molecule has 0 spiro atoms. The van der Waals surface area contributed by atoms with Gasteiger partial charge in [0, 0.05) is 37.4 Å². The molecular formula is C17H22N2O4. The van der Waals surface area contributed by atoms with E-state index < -0.39 is 0 Å². The Morgan fingerprint density at radius 3 is 2.52 bits per heavy atom. The molecule has 1 aliphatic rings. The number of carbonyl (C=O) groups excluding carboxylic acids is 3. The minimum atomic E-state index is -0.301. The third kappa shape index (κ3) is 4.55. The zero-order chi connectivity index (χ0) is 16.8. The summed E-state index contributed by atoms with van der Waals surface area (Å²) in [7, 11) is 1.54. The van der Waals surface area contributed by atoms with Gasteiger partial charge in [0.05, 0.1) is 7.11 Å². The molecule has 0 aliphatic carbocycles. The highest BCUT2D eigenvalue weighted by Gasteiger charge is 2.25. The third-order valence-electron chi connectivity index (χ3n) is 4.21. The lowest BCUT2D eigenvalue weighted by Gasteiger charge is -2.30. The first kappa shape index (κ1) is 17.0. The van der Waals surface area contributed by atoms with Crippen LogP contribution >= 0.6 is 0 Å². The maximum absolute atomic E-state index is 12.2. The number of piperidine rings is 1. The molecule has 6 nitrogen and oxygen atoms in total. The van der Waals surface area contributed by atoms with Crippen molar-refractivity contribution in [2.75, 3.05) is 20.2 Å². The van der Waals surface area contributed by atoms with Gasteiger partial charge in [0.15, 0.2) is 5.78 Å². The number of carbonyl (C=O) groups is 3. The Labute approximate surface area is 135 Å². The van der Waals surface area contributed by atoms with Gasteiger partial charge in [-0.15, -0.1) is 0 Å². The molecule has 1 heterocycles. The molecule has 23 heavy (non-hydrogen) atoms. The monoisotopic (exact) mass is 318 g/mol. The van der Waals surface area contributed by atoms with Gasteiger partial charge >= 0.3 is 0 Å². The lowest BCUT2D eigenvalue weighted by atomic mass is 9.96. The van der Waals surface area contributed by atoms with Gasteiger partial charge in [-0.25, -0.2) is 0 Å². The number of Topliss-reactive ketones (excluding diaryl/α,β-unsaturated/α-hetero) is 1. The van der Waals surface area contributed by atoms with E-state index in [9.17, 15) is 14.4 Å². The number of likely N-dealkylation sites (tertiary alicyclic amines) is 1. The predicted molar refractivity (Wildman–Crippen MR) is 85.1 cm³/mol. The number of ketones is 1. The van der Waals surface area contributed by atoms with E-state index in [1.54, 1.807) is 36.3 Å². The van der Waals surface area contributed by atoms with E-state index in [4.69, 9.17) is 10.5 Å². The van der Waals surface area contributed by atoms with Crippen molar-refractivity contribution in [2.24, 2.45) is 11.7 Å². The van der Waals surface area contributed by atoms with E-state index >= 15 is 0 Å². The molecule has 1 saturated heterocycles. The van der Waals surface area contributed by atoms with Crippen molar-refractivity contribution >= 4 is 17.6 Å². The standard InChI is InChI=1S/C17H22N2O4/c1-23-14-4-2-3-13(11-14)15(20)5-6-16(21)19-9-7-12(8-10-19)17(18)22/h2-4,11-12H,5-10H2,1H3,(H2,18,22). The molecular weight excluding hydrogens is 296 g/mol. The SMILES string of the molecule is COc1cccc(C(=O)CCC(=O)N2CCC(C(N)=O)CC2)c1. The molecule has 1 aromatic carbocycles. The topological polar surface area (TPSA) is 89.7 Å². The summed E-state index contributed by atoms with van der Waals surface area (Å²) in [6.45, 7) is 1.06. The number of hydrogen-bond donors (Lipinski definition) is 1. The smallest absolute Gasteiger partial charge is 0.223 e. The average Bonchev–Trinajstić information content (AvgIpc) is 2.59. The summed E-state index contributed by atoms with van der Waals surface area (Å²) in [5.74, 6) is 0.0481. The fourth-order valence-corrected chi connectivity index (χ4v) is 2.73. The Kier molecular flexibility index (Phi) is 5.73. The van der Waals surface area contributed by atoms with E-state index in [2.05, 4.69) is 0 Å². The molecule has 2 rings (SSSR count). The number of nitrogens with zero attached hydrogens (tertiary/aromatic N) is 1. The summed E-state index contributed by atoms with van der Waals surface area (Å²) in [6, 6.07) is 6.91. The normalized spacial score (nSPS) is 15.3. The first-order chi connectivity index (χ1) is 11.0. The van der Waals surface area contributed by atoms with Crippen molar-refractivity contribution in [1.82, 2.24) is 4.90 Å². The van der Waals surface area contributed by atoms with Crippen LogP contribution in [0.2, 0.25) is 0 Å². The van der Waals surface area contributed by atoms with Gasteiger partial charge in [-0.2, -0.15) is 0 Å². The van der Waals surface area contributed by atoms with Crippen LogP contribution in [0.1, 0.15) is 36.0 Å². The van der Waals surface area contributed by atoms with Crippen molar-refractivity contribution < 1.29 is 19.1 Å². The number of hydrogen-bond acceptors (Lipinski definition) is 4. The van der Waals surface area contributed by atoms with Gasteiger partial charge in [0.25, 0.3) is 0 Å². The van der Waals surface area contributed by atoms with Gasteiger partial charge in [-0.05, 0) is 25.0 Å². The maximum atomic E-state index is 12.2. The van der Waals surface area contributed by atoms with Gasteiger partial charge in [0.2, 0.25) is 11.8 Å². The van der Waals surface area contributed by atoms with Crippen LogP contribution in [-0.4, -0.2) is 42.7 Å². The first-order valence-corrected chi connectivity index (χ1v) is 7.75. The average molecular weight is 318 g/mol. The van der Waals surface area contributed by atoms with Gasteiger partial charge in [-0.1, -0.05) is 12.1 Å². The first-order valence-electron chi connectivity index (χ1n) is 7.75. The summed E-state index contributed by atoms with van der Waals surface area (Å²) >= 11 is 0. The molecule has 1 aromatic rings. The van der Waals surface area contributed by atoms with Crippen molar-refractivity contribution in [3.05, 3.63) is 29.8 Å². The second kappa shape index (κ2) is 7.76. The van der Waals surface area contributed by atoms with Crippen LogP contribution in [0.5, 0.6) is 5.75 Å². The summed E-state index contributed by atoms with van der Waals surface area (Å²) in [6.07, 6.45) is 1.55. The van der Waals surface area contributed by atoms with Crippen LogP contribution < -0.4 is 10.5 Å². The molecule has 124 valence electrons. The highest BCUT2D eigenvalue weighted by Crippen LogP contribution is 2.19. The number of methoxy groups -OCH3 is 1. The van der Waals surface area contributed by atoms with Gasteiger partial charge in [0.1, 0.15) is 5.75 Å². The highest BCUT2D eigenvalue weighted by atomic mass is 16.5. The maximum Gasteiger partial charge on any atom is 0.223 e. The summed E-state index contributed by atoms with van der Waals surface area (Å²) in [5, 5.41) is 0. The molecule has 1 fully saturated rings. The van der Waals surface area contributed by atoms with Crippen molar-refractivity contribution in [3.63, 3.8) is 0 Å². The number of benzene rings is 1. The van der Waals surface area contributed by atoms with Crippen LogP contribution in [0.4, 0.5) is 0 Å². The number of amides is 2. The van der Waals surface area contributed by atoms with Gasteiger partial charge < -0.3 is 15.4 Å². The minimum Gasteiger partial charge on any atom is -0.497 e. The molecule has 2 amide bonds. The Hall–Kier alpha value is -2.37. The second-order valence-corrected chi connectivity index (χ2v) is 5.71. The number of rotatable bonds is 6. The molecule has 0 atom stereocenters. The van der Waals surface area contributed by atoms with E-state index in [0.29, 0.717) is 37.2 Å². The zero-order valence-corrected chi connectivity index (χ0v) is 13.3. The molecule has 0 bridgehead atoms. The van der Waals surface area contributed by atoms with E-state index in [1.807, 2.05) is 0 Å². The largest absolute Gasteiger partial charge is 0.497 e. The Bertz CT molecular complexity index is 592. The molecule has 2 N–H and O–H groups in total. The number of primary amides is 1. The van der Waals surface area contributed by atoms with E-state index in [0.717, 1.165) is 0 Å². The molecule has 0 unspecified atom stereocenters. The number of nitrogens with two attached hydrogens (primary N) is 1. The summed E-state index contributed by atoms with van der Waals surface area (Å²) in [4.78, 5) is 37.1. The Morgan fingerprint density at radius 1 is 1.22 bits per heavy atom. The Balaban J connectivity index is 1.82. The summed E-state index contributed by atoms with van der Waals surface area (Å²) < 4.78 is 5.09. The van der Waals surface area contributed by atoms with Crippen molar-refractivity contribution in [3.8, 4) is 5.75 Å². The zero-order valence-electron chi connectivity index (χ0n) is 13.3. The third-order valence-corrected chi connectivity index (χ3v) is 4.21. The summed E-state index contributed by atoms with van der Waals surface area (Å²) in [5.41, 5.74) is 5.82. The molecule has 1 aliphatic heterocycles. The van der Waals surface area contributed by atoms with E-state index in [1.165, 1.54) is 0 Å². The fourth-order valence-electron chi connectivity index (χ4n) is 2.73. The molecule has 0 aromatic heterocycles. The lowest BCUT2D eigenvalue weighted by molar-refractivity contribution is -0.134. The lowest BCUT2D eigenvalue weighted by Crippen LogP contribution is -2.41. The fraction of sp³-hybridized carbons (Fsp3) is 0.471. The van der Waals surface area contributed by atoms with Crippen LogP contribution in [0.15, 0.2) is 24.3 Å². The molecule has 6 heteroatoms. The van der Waals surface area contributed by atoms with Crippen LogP contribution in [0.25, 0.3) is 0 Å². The van der Waals surface area contributed by atoms with Gasteiger partial charge in [-0.3, -0.25) is 14.4 Å². The quantitative estimate of drug-likeness (QED) is 0.802. The second-order valence-electron chi connectivity index (χ2n) is 5.71. The van der Waals surface area contributed by atoms with Crippen LogP contribution in [0, 0.1) is 5.92 Å². The van der Waals surface area contributed by atoms with Crippen molar-refractivity contribution in [2.45, 2.75) is 25.7 Å². The van der Waals surface area contributed by atoms with Crippen molar-refractivity contribution in [1.29, 1.82) is 0 Å². The van der Waals surface area contributed by atoms with E-state index in [-0.39, 0.29) is 36.4 Å².